The van der Waals surface area contributed by atoms with E-state index in [4.69, 9.17) is 0 Å². The Balaban J connectivity index is 1.26. The number of aryl methyl sites for hydroxylation is 1. The van der Waals surface area contributed by atoms with Crippen molar-refractivity contribution in [3.8, 4) is 0 Å². The zero-order valence-electron chi connectivity index (χ0n) is 15.9. The van der Waals surface area contributed by atoms with Gasteiger partial charge in [0.25, 0.3) is 0 Å². The molecule has 1 saturated heterocycles. The predicted octanol–water partition coefficient (Wildman–Crippen LogP) is 4.66. The Labute approximate surface area is 169 Å². The number of fused-ring (bicyclic) bond motifs is 1. The second kappa shape index (κ2) is 8.80. The minimum absolute atomic E-state index is 0.169. The molecule has 0 saturated carbocycles. The van der Waals surface area contributed by atoms with Crippen LogP contribution in [0.5, 0.6) is 0 Å². The van der Waals surface area contributed by atoms with Crippen molar-refractivity contribution < 1.29 is 4.39 Å². The minimum atomic E-state index is -0.169. The summed E-state index contributed by atoms with van der Waals surface area (Å²) in [4.78, 5) is 11.4. The number of hydrogen-bond donors (Lipinski definition) is 1. The summed E-state index contributed by atoms with van der Waals surface area (Å²) in [7, 11) is 0. The fourth-order valence-electron chi connectivity index (χ4n) is 3.77. The van der Waals surface area contributed by atoms with Gasteiger partial charge in [-0.15, -0.1) is 11.3 Å². The van der Waals surface area contributed by atoms with E-state index in [1.165, 1.54) is 17.7 Å². The van der Waals surface area contributed by atoms with Gasteiger partial charge in [-0.25, -0.2) is 14.4 Å². The SMILES string of the molecule is C=Cc1csc2c(N3CCC(NCCCc4ccc(F)cc4)CC3)ncnc12. The number of anilines is 1. The van der Waals surface area contributed by atoms with Gasteiger partial charge < -0.3 is 10.2 Å². The third-order valence-electron chi connectivity index (χ3n) is 5.37. The number of aromatic nitrogens is 2. The van der Waals surface area contributed by atoms with Gasteiger partial charge in [0, 0.05) is 30.1 Å². The molecule has 0 amide bonds. The van der Waals surface area contributed by atoms with Crippen LogP contribution in [0.15, 0.2) is 42.6 Å². The summed E-state index contributed by atoms with van der Waals surface area (Å²) in [5.74, 6) is 0.885. The molecule has 2 aromatic heterocycles. The van der Waals surface area contributed by atoms with Crippen LogP contribution in [0.25, 0.3) is 16.3 Å². The maximum atomic E-state index is 12.9. The van der Waals surface area contributed by atoms with Crippen LogP contribution in [0.4, 0.5) is 10.2 Å². The molecule has 0 atom stereocenters. The third kappa shape index (κ3) is 4.23. The minimum Gasteiger partial charge on any atom is -0.355 e. The van der Waals surface area contributed by atoms with Crippen molar-refractivity contribution >= 4 is 33.4 Å². The van der Waals surface area contributed by atoms with E-state index in [0.717, 1.165) is 66.9 Å². The monoisotopic (exact) mass is 396 g/mol. The van der Waals surface area contributed by atoms with Gasteiger partial charge in [0.2, 0.25) is 0 Å². The Morgan fingerprint density at radius 2 is 2.00 bits per heavy atom. The molecule has 1 N–H and O–H groups in total. The Morgan fingerprint density at radius 1 is 1.21 bits per heavy atom. The molecule has 1 fully saturated rings. The van der Waals surface area contributed by atoms with Crippen molar-refractivity contribution in [1.29, 1.82) is 0 Å². The molecular formula is C22H25FN4S. The van der Waals surface area contributed by atoms with Gasteiger partial charge in [-0.2, -0.15) is 0 Å². The van der Waals surface area contributed by atoms with E-state index in [9.17, 15) is 4.39 Å². The number of rotatable bonds is 7. The van der Waals surface area contributed by atoms with Crippen LogP contribution < -0.4 is 10.2 Å². The summed E-state index contributed by atoms with van der Waals surface area (Å²) >= 11 is 1.70. The van der Waals surface area contributed by atoms with E-state index in [0.29, 0.717) is 6.04 Å². The van der Waals surface area contributed by atoms with E-state index >= 15 is 0 Å². The lowest BCUT2D eigenvalue weighted by atomic mass is 10.0. The lowest BCUT2D eigenvalue weighted by molar-refractivity contribution is 0.412. The molecule has 0 spiro atoms. The molecule has 146 valence electrons. The van der Waals surface area contributed by atoms with Crippen molar-refractivity contribution in [3.63, 3.8) is 0 Å². The molecule has 0 radical (unpaired) electrons. The molecule has 0 aliphatic carbocycles. The first-order valence-corrected chi connectivity index (χ1v) is 10.7. The first-order valence-electron chi connectivity index (χ1n) is 9.82. The van der Waals surface area contributed by atoms with Crippen LogP contribution in [-0.2, 0) is 6.42 Å². The Kier molecular flexibility index (Phi) is 5.98. The smallest absolute Gasteiger partial charge is 0.150 e. The van der Waals surface area contributed by atoms with E-state index < -0.39 is 0 Å². The number of thiophene rings is 1. The van der Waals surface area contributed by atoms with Gasteiger partial charge in [0.1, 0.15) is 18.0 Å². The average Bonchev–Trinajstić information content (AvgIpc) is 3.16. The molecule has 1 aliphatic rings. The molecule has 6 heteroatoms. The summed E-state index contributed by atoms with van der Waals surface area (Å²) < 4.78 is 14.1. The van der Waals surface area contributed by atoms with Gasteiger partial charge in [0.05, 0.1) is 10.2 Å². The van der Waals surface area contributed by atoms with E-state index in [-0.39, 0.29) is 5.82 Å². The lowest BCUT2D eigenvalue weighted by Crippen LogP contribution is -2.43. The molecule has 1 aromatic carbocycles. The third-order valence-corrected chi connectivity index (χ3v) is 6.35. The fourth-order valence-corrected chi connectivity index (χ4v) is 4.79. The Bertz CT molecular complexity index is 929. The van der Waals surface area contributed by atoms with Crippen molar-refractivity contribution in [2.75, 3.05) is 24.5 Å². The molecule has 28 heavy (non-hydrogen) atoms. The molecule has 1 aliphatic heterocycles. The van der Waals surface area contributed by atoms with Crippen molar-refractivity contribution in [3.05, 3.63) is 59.5 Å². The molecule has 0 bridgehead atoms. The Morgan fingerprint density at radius 3 is 2.75 bits per heavy atom. The highest BCUT2D eigenvalue weighted by atomic mass is 32.1. The first-order chi connectivity index (χ1) is 13.7. The largest absolute Gasteiger partial charge is 0.355 e. The normalized spacial score (nSPS) is 15.2. The number of halogens is 1. The van der Waals surface area contributed by atoms with E-state index in [1.54, 1.807) is 17.7 Å². The summed E-state index contributed by atoms with van der Waals surface area (Å²) in [5, 5.41) is 5.78. The van der Waals surface area contributed by atoms with Gasteiger partial charge in [0.15, 0.2) is 0 Å². The van der Waals surface area contributed by atoms with Crippen LogP contribution >= 0.6 is 11.3 Å². The second-order valence-electron chi connectivity index (χ2n) is 7.22. The average molecular weight is 397 g/mol. The zero-order chi connectivity index (χ0) is 19.3. The van der Waals surface area contributed by atoms with Gasteiger partial charge in [-0.1, -0.05) is 24.8 Å². The number of benzene rings is 1. The summed E-state index contributed by atoms with van der Waals surface area (Å²) in [6.45, 7) is 6.87. The number of piperidine rings is 1. The van der Waals surface area contributed by atoms with Crippen molar-refractivity contribution in [2.24, 2.45) is 0 Å². The van der Waals surface area contributed by atoms with Crippen LogP contribution in [-0.4, -0.2) is 35.6 Å². The first kappa shape index (κ1) is 19.0. The van der Waals surface area contributed by atoms with Crippen LogP contribution in [0.3, 0.4) is 0 Å². The zero-order valence-corrected chi connectivity index (χ0v) is 16.7. The number of nitrogens with zero attached hydrogens (tertiary/aromatic N) is 3. The van der Waals surface area contributed by atoms with Gasteiger partial charge in [-0.05, 0) is 49.9 Å². The standard InChI is InChI=1S/C22H25FN4S/c1-2-17-14-28-21-20(17)25-15-26-22(21)27-12-9-19(10-13-27)24-11-3-4-16-5-7-18(23)8-6-16/h2,5-8,14-15,19,24H,1,3-4,9-13H2. The molecule has 3 heterocycles. The maximum absolute atomic E-state index is 12.9. The quantitative estimate of drug-likeness (QED) is 0.590. The topological polar surface area (TPSA) is 41.0 Å². The molecule has 4 rings (SSSR count). The van der Waals surface area contributed by atoms with Gasteiger partial charge in [-0.3, -0.25) is 0 Å². The highest BCUT2D eigenvalue weighted by Crippen LogP contribution is 2.32. The fraction of sp³-hybridized carbons (Fsp3) is 0.364. The summed E-state index contributed by atoms with van der Waals surface area (Å²) in [6.07, 6.45) is 7.80. The molecule has 0 unspecified atom stereocenters. The van der Waals surface area contributed by atoms with Crippen LogP contribution in [0.2, 0.25) is 0 Å². The summed E-state index contributed by atoms with van der Waals surface area (Å²) in [6, 6.07) is 7.37. The van der Waals surface area contributed by atoms with Crippen molar-refractivity contribution in [1.82, 2.24) is 15.3 Å². The Hall–Kier alpha value is -2.31. The van der Waals surface area contributed by atoms with E-state index in [2.05, 4.69) is 32.1 Å². The van der Waals surface area contributed by atoms with E-state index in [1.807, 2.05) is 18.2 Å². The van der Waals surface area contributed by atoms with Crippen LogP contribution in [0, 0.1) is 5.82 Å². The highest BCUT2D eigenvalue weighted by Gasteiger charge is 2.22. The predicted molar refractivity (Wildman–Crippen MR) is 115 cm³/mol. The van der Waals surface area contributed by atoms with Gasteiger partial charge >= 0.3 is 0 Å². The highest BCUT2D eigenvalue weighted by molar-refractivity contribution is 7.18. The molecule has 4 nitrogen and oxygen atoms in total. The number of nitrogens with one attached hydrogen (secondary N) is 1. The molecule has 3 aromatic rings. The van der Waals surface area contributed by atoms with Crippen molar-refractivity contribution in [2.45, 2.75) is 31.7 Å². The van der Waals surface area contributed by atoms with Crippen LogP contribution in [0.1, 0.15) is 30.4 Å². The number of hydrogen-bond acceptors (Lipinski definition) is 5. The second-order valence-corrected chi connectivity index (χ2v) is 8.10. The summed E-state index contributed by atoms with van der Waals surface area (Å²) in [5.41, 5.74) is 3.29. The molecular weight excluding hydrogens is 371 g/mol. The lowest BCUT2D eigenvalue weighted by Gasteiger charge is -2.33. The maximum Gasteiger partial charge on any atom is 0.150 e.